The second-order valence-electron chi connectivity index (χ2n) is 6.20. The van der Waals surface area contributed by atoms with E-state index in [1.165, 1.54) is 19.2 Å². The number of ether oxygens (including phenoxy) is 1. The van der Waals surface area contributed by atoms with Gasteiger partial charge in [0.15, 0.2) is 0 Å². The molecule has 1 aliphatic heterocycles. The quantitative estimate of drug-likeness (QED) is 0.434. The molecule has 1 N–H and O–H groups in total. The van der Waals surface area contributed by atoms with Crippen LogP contribution in [0.1, 0.15) is 18.5 Å². The molecule has 0 aliphatic carbocycles. The lowest BCUT2D eigenvalue weighted by Crippen LogP contribution is -2.28. The largest absolute Gasteiger partial charge is 0.466 e. The third-order valence-electron chi connectivity index (χ3n) is 4.66. The van der Waals surface area contributed by atoms with E-state index in [9.17, 15) is 14.9 Å². The van der Waals surface area contributed by atoms with Crippen LogP contribution < -0.4 is 5.32 Å². The van der Waals surface area contributed by atoms with Crippen LogP contribution in [0.4, 0.5) is 11.6 Å². The van der Waals surface area contributed by atoms with E-state index >= 15 is 0 Å². The van der Waals surface area contributed by atoms with E-state index in [0.29, 0.717) is 17.2 Å². The molecule has 1 aliphatic rings. The number of anilines is 1. The van der Waals surface area contributed by atoms with Crippen LogP contribution in [0.15, 0.2) is 59.8 Å². The second kappa shape index (κ2) is 6.24. The van der Waals surface area contributed by atoms with Gasteiger partial charge in [0, 0.05) is 17.8 Å². The highest BCUT2D eigenvalue weighted by molar-refractivity contribution is 5.94. The van der Waals surface area contributed by atoms with Crippen LogP contribution in [0.3, 0.4) is 0 Å². The lowest BCUT2D eigenvalue weighted by molar-refractivity contribution is -0.384. The first-order valence-corrected chi connectivity index (χ1v) is 8.28. The number of hydrogen-bond acceptors (Lipinski definition) is 6. The minimum Gasteiger partial charge on any atom is -0.466 e. The van der Waals surface area contributed by atoms with E-state index in [2.05, 4.69) is 10.3 Å². The highest BCUT2D eigenvalue weighted by Crippen LogP contribution is 2.39. The van der Waals surface area contributed by atoms with Gasteiger partial charge in [0.25, 0.3) is 5.69 Å². The van der Waals surface area contributed by atoms with E-state index in [0.717, 1.165) is 16.6 Å². The van der Waals surface area contributed by atoms with Crippen LogP contribution in [0.25, 0.3) is 11.0 Å². The topological polar surface area (TPSA) is 99.3 Å². The molecular weight excluding hydrogens is 348 g/mol. The fourth-order valence-electron chi connectivity index (χ4n) is 3.43. The van der Waals surface area contributed by atoms with Gasteiger partial charge in [0.1, 0.15) is 0 Å². The zero-order valence-corrected chi connectivity index (χ0v) is 14.7. The number of methoxy groups -OCH3 is 1. The summed E-state index contributed by atoms with van der Waals surface area (Å²) in [6.07, 6.45) is 0. The highest BCUT2D eigenvalue weighted by Gasteiger charge is 2.34. The van der Waals surface area contributed by atoms with Gasteiger partial charge in [-0.25, -0.2) is 9.78 Å². The van der Waals surface area contributed by atoms with Gasteiger partial charge >= 0.3 is 5.97 Å². The number of nitro benzene ring substituents is 1. The average molecular weight is 364 g/mol. The second-order valence-corrected chi connectivity index (χ2v) is 6.20. The third kappa shape index (κ3) is 2.62. The summed E-state index contributed by atoms with van der Waals surface area (Å²) in [4.78, 5) is 27.7. The summed E-state index contributed by atoms with van der Waals surface area (Å²) in [5.41, 5.74) is 3.41. The molecule has 136 valence electrons. The van der Waals surface area contributed by atoms with Crippen LogP contribution in [0, 0.1) is 10.1 Å². The minimum atomic E-state index is -0.512. The fraction of sp³-hybridized carbons (Fsp3) is 0.158. The first kappa shape index (κ1) is 16.8. The Balaban J connectivity index is 1.97. The van der Waals surface area contributed by atoms with Gasteiger partial charge in [-0.15, -0.1) is 0 Å². The number of carbonyl (C=O) groups is 1. The molecule has 27 heavy (non-hydrogen) atoms. The third-order valence-corrected chi connectivity index (χ3v) is 4.66. The maximum Gasteiger partial charge on any atom is 0.337 e. The Morgan fingerprint density at radius 2 is 1.93 bits per heavy atom. The van der Waals surface area contributed by atoms with Gasteiger partial charge < -0.3 is 10.1 Å². The number of allylic oxidation sites excluding steroid dienone is 1. The first-order chi connectivity index (χ1) is 13.0. The van der Waals surface area contributed by atoms with Gasteiger partial charge in [-0.3, -0.25) is 14.7 Å². The Labute approximate surface area is 154 Å². The molecule has 0 amide bonds. The summed E-state index contributed by atoms with van der Waals surface area (Å²) in [7, 11) is 1.33. The molecule has 0 bridgehead atoms. The van der Waals surface area contributed by atoms with Crippen molar-refractivity contribution < 1.29 is 14.5 Å². The number of hydrogen-bond donors (Lipinski definition) is 1. The van der Waals surface area contributed by atoms with E-state index in [-0.39, 0.29) is 5.69 Å². The molecule has 0 unspecified atom stereocenters. The summed E-state index contributed by atoms with van der Waals surface area (Å²) in [6.45, 7) is 1.79. The standard InChI is InChI=1S/C19H16N4O4/c1-11-16(18(24)27-2)17(12-7-9-13(10-8-12)23(25)26)22-15-6-4-3-5-14(15)21-19(22)20-11/h3-10,17H,1-2H3,(H,20,21)/t17-/m1/s1. The molecule has 2 aromatic carbocycles. The lowest BCUT2D eigenvalue weighted by Gasteiger charge is -2.29. The van der Waals surface area contributed by atoms with E-state index in [1.54, 1.807) is 19.1 Å². The van der Waals surface area contributed by atoms with Crippen LogP contribution in [-0.2, 0) is 9.53 Å². The average Bonchev–Trinajstić information content (AvgIpc) is 3.04. The van der Waals surface area contributed by atoms with Gasteiger partial charge in [-0.2, -0.15) is 0 Å². The molecular formula is C19H16N4O4. The Morgan fingerprint density at radius 3 is 2.59 bits per heavy atom. The van der Waals surface area contributed by atoms with Crippen molar-refractivity contribution in [3.05, 3.63) is 75.5 Å². The molecule has 0 spiro atoms. The number of benzene rings is 2. The van der Waals surface area contributed by atoms with Crippen LogP contribution in [0.5, 0.6) is 0 Å². The Morgan fingerprint density at radius 1 is 1.22 bits per heavy atom. The maximum absolute atomic E-state index is 12.5. The Bertz CT molecular complexity index is 1100. The van der Waals surface area contributed by atoms with Crippen molar-refractivity contribution in [3.8, 4) is 0 Å². The molecule has 0 saturated carbocycles. The summed E-state index contributed by atoms with van der Waals surface area (Å²) >= 11 is 0. The van der Waals surface area contributed by atoms with Gasteiger partial charge in [0.2, 0.25) is 5.95 Å². The number of fused-ring (bicyclic) bond motifs is 3. The van der Waals surface area contributed by atoms with Gasteiger partial charge in [-0.05, 0) is 36.8 Å². The predicted octanol–water partition coefficient (Wildman–Crippen LogP) is 3.41. The molecule has 0 saturated heterocycles. The number of para-hydroxylation sites is 2. The Kier molecular flexibility index (Phi) is 3.88. The predicted molar refractivity (Wildman–Crippen MR) is 99.3 cm³/mol. The van der Waals surface area contributed by atoms with Gasteiger partial charge in [-0.1, -0.05) is 12.1 Å². The van der Waals surface area contributed by atoms with Crippen molar-refractivity contribution in [1.82, 2.24) is 9.55 Å². The van der Waals surface area contributed by atoms with Gasteiger partial charge in [0.05, 0.1) is 34.7 Å². The van der Waals surface area contributed by atoms with E-state index in [1.807, 2.05) is 28.8 Å². The zero-order valence-electron chi connectivity index (χ0n) is 14.7. The van der Waals surface area contributed by atoms with Crippen molar-refractivity contribution in [1.29, 1.82) is 0 Å². The minimum absolute atomic E-state index is 0.0104. The smallest absolute Gasteiger partial charge is 0.337 e. The number of aromatic nitrogens is 2. The lowest BCUT2D eigenvalue weighted by atomic mass is 9.95. The summed E-state index contributed by atoms with van der Waals surface area (Å²) < 4.78 is 6.91. The molecule has 0 fully saturated rings. The molecule has 8 nitrogen and oxygen atoms in total. The van der Waals surface area contributed by atoms with Crippen LogP contribution in [0.2, 0.25) is 0 Å². The molecule has 1 atom stereocenters. The maximum atomic E-state index is 12.5. The van der Waals surface area contributed by atoms with Crippen LogP contribution in [-0.4, -0.2) is 27.6 Å². The first-order valence-electron chi connectivity index (χ1n) is 8.28. The number of esters is 1. The number of carbonyl (C=O) groups excluding carboxylic acids is 1. The van der Waals surface area contributed by atoms with Crippen molar-refractivity contribution in [2.75, 3.05) is 12.4 Å². The van der Waals surface area contributed by atoms with Crippen molar-refractivity contribution >= 4 is 28.6 Å². The van der Waals surface area contributed by atoms with E-state index < -0.39 is 16.9 Å². The number of nitrogens with one attached hydrogen (secondary N) is 1. The molecule has 0 radical (unpaired) electrons. The van der Waals surface area contributed by atoms with Crippen molar-refractivity contribution in [3.63, 3.8) is 0 Å². The SMILES string of the molecule is COC(=O)C1=C(C)Nc2nc3ccccc3n2[C@@H]1c1ccc([N+](=O)[O-])cc1. The normalized spacial score (nSPS) is 16.0. The fourth-order valence-corrected chi connectivity index (χ4v) is 3.43. The van der Waals surface area contributed by atoms with Crippen LogP contribution >= 0.6 is 0 Å². The Hall–Kier alpha value is -3.68. The number of nitro groups is 1. The monoisotopic (exact) mass is 364 g/mol. The highest BCUT2D eigenvalue weighted by atomic mass is 16.6. The summed E-state index contributed by atoms with van der Waals surface area (Å²) in [6, 6.07) is 13.3. The molecule has 3 aromatic rings. The van der Waals surface area contributed by atoms with Crippen molar-refractivity contribution in [2.45, 2.75) is 13.0 Å². The molecule has 4 rings (SSSR count). The summed E-state index contributed by atoms with van der Waals surface area (Å²) in [5.74, 6) is 0.136. The molecule has 1 aromatic heterocycles. The number of imidazole rings is 1. The number of rotatable bonds is 3. The molecule has 8 heteroatoms. The van der Waals surface area contributed by atoms with Crippen molar-refractivity contribution in [2.24, 2.45) is 0 Å². The molecule has 2 heterocycles. The number of nitrogens with zero attached hydrogens (tertiary/aromatic N) is 3. The summed E-state index contributed by atoms with van der Waals surface area (Å²) in [5, 5.41) is 14.2. The zero-order chi connectivity index (χ0) is 19.1. The number of non-ortho nitro benzene ring substituents is 1. The van der Waals surface area contributed by atoms with E-state index in [4.69, 9.17) is 4.74 Å².